The van der Waals surface area contributed by atoms with Crippen LogP contribution in [0.2, 0.25) is 0 Å². The molecule has 0 N–H and O–H groups in total. The first-order valence-electron chi connectivity index (χ1n) is 19.1. The highest BCUT2D eigenvalue weighted by Gasteiger charge is 2.21. The number of para-hydroxylation sites is 3. The quantitative estimate of drug-likeness (QED) is 0.134. The number of hydrogen-bond donors (Lipinski definition) is 0. The Morgan fingerprint density at radius 2 is 0.875 bits per heavy atom. The first kappa shape index (κ1) is 30.9. The fourth-order valence-electron chi connectivity index (χ4n) is 9.16. The number of hydrogen-bond acceptors (Lipinski definition) is 2. The van der Waals surface area contributed by atoms with Crippen molar-refractivity contribution in [2.45, 2.75) is 0 Å². The smallest absolute Gasteiger partial charge is 0.145 e. The van der Waals surface area contributed by atoms with E-state index in [1.165, 1.54) is 59.8 Å². The highest BCUT2D eigenvalue weighted by atomic mass is 16.3. The summed E-state index contributed by atoms with van der Waals surface area (Å²) < 4.78 is 9.11. The van der Waals surface area contributed by atoms with Crippen LogP contribution in [0.3, 0.4) is 0 Å². The molecule has 0 aliphatic rings. The summed E-state index contributed by atoms with van der Waals surface area (Å²) in [5.41, 5.74) is 10.8. The molecular formula is C53H32N2O. The van der Waals surface area contributed by atoms with Crippen LogP contribution < -0.4 is 0 Å². The van der Waals surface area contributed by atoms with Gasteiger partial charge < -0.3 is 4.42 Å². The second-order valence-electron chi connectivity index (χ2n) is 14.6. The zero-order valence-electron chi connectivity index (χ0n) is 30.3. The topological polar surface area (TPSA) is 31.0 Å². The van der Waals surface area contributed by atoms with Crippen molar-refractivity contribution in [3.8, 4) is 39.3 Å². The largest absolute Gasteiger partial charge is 0.455 e. The van der Waals surface area contributed by atoms with Gasteiger partial charge in [0.1, 0.15) is 17.0 Å². The third kappa shape index (κ3) is 4.49. The molecule has 2 heterocycles. The van der Waals surface area contributed by atoms with Gasteiger partial charge >= 0.3 is 0 Å². The molecule has 0 fully saturated rings. The highest BCUT2D eigenvalue weighted by Crippen LogP contribution is 2.46. The van der Waals surface area contributed by atoms with Crippen LogP contribution in [0.4, 0.5) is 0 Å². The average molecular weight is 713 g/mol. The van der Waals surface area contributed by atoms with E-state index in [-0.39, 0.29) is 0 Å². The van der Waals surface area contributed by atoms with Crippen LogP contribution >= 0.6 is 0 Å². The number of fused-ring (bicyclic) bond motifs is 11. The molecule has 0 radical (unpaired) electrons. The van der Waals surface area contributed by atoms with Gasteiger partial charge in [0.15, 0.2) is 0 Å². The molecule has 0 atom stereocenters. The zero-order chi connectivity index (χ0) is 36.7. The fourth-order valence-corrected chi connectivity index (χ4v) is 9.16. The Morgan fingerprint density at radius 1 is 0.375 bits per heavy atom. The molecule has 0 aliphatic heterocycles. The van der Waals surface area contributed by atoms with E-state index in [0.717, 1.165) is 55.6 Å². The van der Waals surface area contributed by atoms with Crippen LogP contribution in [0.25, 0.3) is 115 Å². The second-order valence-corrected chi connectivity index (χ2v) is 14.6. The van der Waals surface area contributed by atoms with Crippen LogP contribution in [0.5, 0.6) is 0 Å². The number of benzene rings is 10. The van der Waals surface area contributed by atoms with Crippen LogP contribution in [0.1, 0.15) is 0 Å². The van der Waals surface area contributed by atoms with Crippen molar-refractivity contribution in [1.29, 1.82) is 0 Å². The molecule has 2 aromatic heterocycles. The SMILES string of the molecule is c1ccc(-n2c(-c3ccc(-c4c5ccccc5c(-c5ccc6c(c5)oc5c7ccccc7c7ccccc7c65)c5ccccc45)cc3)nc3ccccc32)cc1. The van der Waals surface area contributed by atoms with E-state index in [0.29, 0.717) is 0 Å². The van der Waals surface area contributed by atoms with Gasteiger partial charge in [-0.1, -0.05) is 158 Å². The molecule has 0 unspecified atom stereocenters. The van der Waals surface area contributed by atoms with Gasteiger partial charge in [-0.15, -0.1) is 0 Å². The summed E-state index contributed by atoms with van der Waals surface area (Å²) in [5.74, 6) is 0.927. The van der Waals surface area contributed by atoms with Crippen LogP contribution in [0.15, 0.2) is 199 Å². The molecule has 12 aromatic rings. The van der Waals surface area contributed by atoms with Crippen LogP contribution in [0, 0.1) is 0 Å². The van der Waals surface area contributed by atoms with Gasteiger partial charge in [0.25, 0.3) is 0 Å². The van der Waals surface area contributed by atoms with Crippen molar-refractivity contribution in [3.05, 3.63) is 194 Å². The van der Waals surface area contributed by atoms with Gasteiger partial charge in [0, 0.05) is 27.4 Å². The molecule has 0 bridgehead atoms. The minimum absolute atomic E-state index is 0.897. The monoisotopic (exact) mass is 712 g/mol. The first-order chi connectivity index (χ1) is 27.8. The van der Waals surface area contributed by atoms with Crippen molar-refractivity contribution in [3.63, 3.8) is 0 Å². The van der Waals surface area contributed by atoms with Crippen molar-refractivity contribution < 1.29 is 4.42 Å². The van der Waals surface area contributed by atoms with Gasteiger partial charge in [-0.05, 0) is 96.4 Å². The standard InChI is InChI=1S/C53H32N2O/c1-2-14-36(15-3-1)55-47-25-13-12-24-46(47)54-53(55)34-28-26-33(27-29-34)49-40-19-7-9-21-42(40)50(43-22-10-8-20-41(43)49)35-30-31-45-48(32-35)56-52-44-23-11-5-17-38(44)37-16-4-6-18-39(37)51(45)52/h1-32H. The Kier molecular flexibility index (Phi) is 6.63. The summed E-state index contributed by atoms with van der Waals surface area (Å²) in [6, 6.07) is 69.5. The lowest BCUT2D eigenvalue weighted by molar-refractivity contribution is 0.673. The Bertz CT molecular complexity index is 3460. The maximum atomic E-state index is 6.85. The lowest BCUT2D eigenvalue weighted by Gasteiger charge is -2.18. The molecule has 260 valence electrons. The molecule has 0 spiro atoms. The summed E-state index contributed by atoms with van der Waals surface area (Å²) in [6.45, 7) is 0. The van der Waals surface area contributed by atoms with Crippen LogP contribution in [-0.4, -0.2) is 9.55 Å². The molecule has 12 rings (SSSR count). The van der Waals surface area contributed by atoms with Crippen molar-refractivity contribution >= 4 is 76.1 Å². The fraction of sp³-hybridized carbons (Fsp3) is 0. The predicted octanol–water partition coefficient (Wildman–Crippen LogP) is 14.5. The number of furan rings is 1. The summed E-state index contributed by atoms with van der Waals surface area (Å²) >= 11 is 0. The molecule has 56 heavy (non-hydrogen) atoms. The maximum Gasteiger partial charge on any atom is 0.145 e. The highest BCUT2D eigenvalue weighted by molar-refractivity contribution is 6.30. The Balaban J connectivity index is 1.05. The number of nitrogens with zero attached hydrogens (tertiary/aromatic N) is 2. The van der Waals surface area contributed by atoms with E-state index >= 15 is 0 Å². The average Bonchev–Trinajstić information content (AvgIpc) is 3.85. The summed E-state index contributed by atoms with van der Waals surface area (Å²) in [4.78, 5) is 5.13. The summed E-state index contributed by atoms with van der Waals surface area (Å²) in [5, 5.41) is 12.0. The lowest BCUT2D eigenvalue weighted by atomic mass is 9.85. The third-order valence-corrected chi connectivity index (χ3v) is 11.6. The van der Waals surface area contributed by atoms with Crippen molar-refractivity contribution in [2.24, 2.45) is 0 Å². The van der Waals surface area contributed by atoms with E-state index in [2.05, 4.69) is 199 Å². The Morgan fingerprint density at radius 3 is 1.55 bits per heavy atom. The van der Waals surface area contributed by atoms with Gasteiger partial charge in [-0.3, -0.25) is 4.57 Å². The first-order valence-corrected chi connectivity index (χ1v) is 19.1. The Hall–Kier alpha value is -7.49. The number of rotatable bonds is 4. The van der Waals surface area contributed by atoms with Gasteiger partial charge in [-0.2, -0.15) is 0 Å². The maximum absolute atomic E-state index is 6.85. The molecule has 3 heteroatoms. The second kappa shape index (κ2) is 12.0. The van der Waals surface area contributed by atoms with E-state index in [1.54, 1.807) is 0 Å². The van der Waals surface area contributed by atoms with Gasteiger partial charge in [0.2, 0.25) is 0 Å². The normalized spacial score (nSPS) is 11.9. The molecule has 0 saturated heterocycles. The molecular weight excluding hydrogens is 681 g/mol. The van der Waals surface area contributed by atoms with Crippen LogP contribution in [-0.2, 0) is 0 Å². The van der Waals surface area contributed by atoms with Crippen molar-refractivity contribution in [1.82, 2.24) is 9.55 Å². The van der Waals surface area contributed by atoms with E-state index in [1.807, 2.05) is 0 Å². The van der Waals surface area contributed by atoms with E-state index in [9.17, 15) is 0 Å². The molecule has 10 aromatic carbocycles. The molecule has 0 amide bonds. The molecule has 3 nitrogen and oxygen atoms in total. The number of aromatic nitrogens is 2. The van der Waals surface area contributed by atoms with Gasteiger partial charge in [-0.25, -0.2) is 4.98 Å². The predicted molar refractivity (Wildman–Crippen MR) is 235 cm³/mol. The Labute approximate surface area is 322 Å². The molecule has 0 saturated carbocycles. The summed E-state index contributed by atoms with van der Waals surface area (Å²) in [7, 11) is 0. The minimum Gasteiger partial charge on any atom is -0.455 e. The third-order valence-electron chi connectivity index (χ3n) is 11.6. The minimum atomic E-state index is 0.897. The van der Waals surface area contributed by atoms with Gasteiger partial charge in [0.05, 0.1) is 11.0 Å². The zero-order valence-corrected chi connectivity index (χ0v) is 30.3. The summed E-state index contributed by atoms with van der Waals surface area (Å²) in [6.07, 6.45) is 0. The lowest BCUT2D eigenvalue weighted by Crippen LogP contribution is -1.97. The van der Waals surface area contributed by atoms with E-state index < -0.39 is 0 Å². The van der Waals surface area contributed by atoms with Crippen molar-refractivity contribution in [2.75, 3.05) is 0 Å². The number of imidazole rings is 1. The van der Waals surface area contributed by atoms with E-state index in [4.69, 9.17) is 9.40 Å². The molecule has 0 aliphatic carbocycles.